The van der Waals surface area contributed by atoms with E-state index in [1.54, 1.807) is 4.68 Å². The molecule has 1 atom stereocenters. The van der Waals surface area contributed by atoms with Gasteiger partial charge in [0.25, 0.3) is 0 Å². The van der Waals surface area contributed by atoms with E-state index in [-0.39, 0.29) is 12.5 Å². The Balaban J connectivity index is 2.11. The minimum absolute atomic E-state index is 0.151. The molecule has 5 nitrogen and oxygen atoms in total. The summed E-state index contributed by atoms with van der Waals surface area (Å²) >= 11 is 0. The number of aromatic nitrogens is 2. The van der Waals surface area contributed by atoms with E-state index < -0.39 is 5.97 Å². The van der Waals surface area contributed by atoms with Crippen molar-refractivity contribution in [2.75, 3.05) is 6.54 Å². The molecule has 2 heterocycles. The lowest BCUT2D eigenvalue weighted by molar-refractivity contribution is -0.137. The zero-order chi connectivity index (χ0) is 10.8. The van der Waals surface area contributed by atoms with Crippen molar-refractivity contribution >= 4 is 5.97 Å². The second-order valence-corrected chi connectivity index (χ2v) is 3.89. The Bertz CT molecular complexity index is 373. The van der Waals surface area contributed by atoms with Crippen LogP contribution in [0.3, 0.4) is 0 Å². The van der Waals surface area contributed by atoms with Gasteiger partial charge in [0.1, 0.15) is 0 Å². The van der Waals surface area contributed by atoms with Gasteiger partial charge in [-0.1, -0.05) is 0 Å². The molecule has 0 radical (unpaired) electrons. The van der Waals surface area contributed by atoms with Crippen molar-refractivity contribution in [3.63, 3.8) is 0 Å². The predicted molar refractivity (Wildman–Crippen MR) is 54.5 cm³/mol. The molecular formula is C10H15N3O2. The number of fused-ring (bicyclic) bond motifs is 1. The second-order valence-electron chi connectivity index (χ2n) is 3.89. The number of carboxylic acid groups (broad SMARTS) is 1. The molecule has 0 aromatic carbocycles. The second kappa shape index (κ2) is 4.02. The Morgan fingerprint density at radius 3 is 3.33 bits per heavy atom. The highest BCUT2D eigenvalue weighted by Gasteiger charge is 2.22. The van der Waals surface area contributed by atoms with E-state index in [0.717, 1.165) is 24.2 Å². The van der Waals surface area contributed by atoms with E-state index in [0.29, 0.717) is 6.42 Å². The fourth-order valence-electron chi connectivity index (χ4n) is 2.04. The number of carboxylic acids is 1. The first-order chi connectivity index (χ1) is 7.16. The normalized spacial score (nSPS) is 19.9. The molecule has 1 aromatic heterocycles. The van der Waals surface area contributed by atoms with Gasteiger partial charge in [-0.05, 0) is 6.42 Å². The number of hydrogen-bond donors (Lipinski definition) is 2. The molecule has 0 saturated heterocycles. The van der Waals surface area contributed by atoms with Crippen molar-refractivity contribution in [1.29, 1.82) is 0 Å². The monoisotopic (exact) mass is 209 g/mol. The predicted octanol–water partition coefficient (Wildman–Crippen LogP) is 0.472. The number of aliphatic carboxylic acids is 1. The molecule has 0 saturated carbocycles. The summed E-state index contributed by atoms with van der Waals surface area (Å²) in [4.78, 5) is 10.5. The van der Waals surface area contributed by atoms with Crippen LogP contribution in [-0.2, 0) is 18.3 Å². The summed E-state index contributed by atoms with van der Waals surface area (Å²) in [5, 5.41) is 16.3. The molecule has 2 N–H and O–H groups in total. The van der Waals surface area contributed by atoms with Crippen LogP contribution in [0.5, 0.6) is 0 Å². The van der Waals surface area contributed by atoms with Gasteiger partial charge in [-0.25, -0.2) is 0 Å². The molecule has 1 aliphatic heterocycles. The van der Waals surface area contributed by atoms with Gasteiger partial charge in [-0.3, -0.25) is 9.48 Å². The molecule has 0 bridgehead atoms. The Morgan fingerprint density at radius 2 is 2.60 bits per heavy atom. The van der Waals surface area contributed by atoms with Gasteiger partial charge in [-0.15, -0.1) is 0 Å². The third-order valence-corrected chi connectivity index (χ3v) is 2.71. The van der Waals surface area contributed by atoms with E-state index in [1.807, 2.05) is 13.2 Å². The summed E-state index contributed by atoms with van der Waals surface area (Å²) in [6.07, 6.45) is 3.74. The zero-order valence-corrected chi connectivity index (χ0v) is 8.73. The number of nitrogens with zero attached hydrogens (tertiary/aromatic N) is 2. The Hall–Kier alpha value is -1.36. The van der Waals surface area contributed by atoms with Crippen LogP contribution < -0.4 is 5.32 Å². The minimum atomic E-state index is -0.743. The molecule has 2 rings (SSSR count). The van der Waals surface area contributed by atoms with Gasteiger partial charge in [0.15, 0.2) is 0 Å². The maximum Gasteiger partial charge on any atom is 0.303 e. The van der Waals surface area contributed by atoms with Crippen LogP contribution >= 0.6 is 0 Å². The van der Waals surface area contributed by atoms with Gasteiger partial charge >= 0.3 is 5.97 Å². The summed E-state index contributed by atoms with van der Waals surface area (Å²) in [7, 11) is 1.90. The Labute approximate surface area is 88.1 Å². The first kappa shape index (κ1) is 10.2. The lowest BCUT2D eigenvalue weighted by Crippen LogP contribution is -2.29. The molecule has 1 unspecified atom stereocenters. The third-order valence-electron chi connectivity index (χ3n) is 2.71. The van der Waals surface area contributed by atoms with Gasteiger partial charge in [-0.2, -0.15) is 5.10 Å². The first-order valence-electron chi connectivity index (χ1n) is 5.14. The van der Waals surface area contributed by atoms with Crippen molar-refractivity contribution in [1.82, 2.24) is 15.1 Å². The van der Waals surface area contributed by atoms with Crippen molar-refractivity contribution in [3.05, 3.63) is 17.5 Å². The molecular weight excluding hydrogens is 194 g/mol. The van der Waals surface area contributed by atoms with Gasteiger partial charge in [0.2, 0.25) is 0 Å². The number of rotatable bonds is 3. The first-order valence-corrected chi connectivity index (χ1v) is 5.14. The topological polar surface area (TPSA) is 67.2 Å². The summed E-state index contributed by atoms with van der Waals surface area (Å²) < 4.78 is 1.80. The summed E-state index contributed by atoms with van der Waals surface area (Å²) in [5.74, 6) is -0.743. The maximum atomic E-state index is 10.5. The third kappa shape index (κ3) is 2.18. The number of nitrogens with one attached hydrogen (secondary N) is 1. The van der Waals surface area contributed by atoms with Gasteiger partial charge in [0, 0.05) is 44.2 Å². The fraction of sp³-hybridized carbons (Fsp3) is 0.600. The molecule has 1 aromatic rings. The van der Waals surface area contributed by atoms with Crippen molar-refractivity contribution in [2.24, 2.45) is 7.05 Å². The van der Waals surface area contributed by atoms with Crippen LogP contribution in [0, 0.1) is 0 Å². The van der Waals surface area contributed by atoms with E-state index in [4.69, 9.17) is 5.11 Å². The molecule has 82 valence electrons. The molecule has 0 amide bonds. The zero-order valence-electron chi connectivity index (χ0n) is 8.73. The quantitative estimate of drug-likeness (QED) is 0.759. The average molecular weight is 209 g/mol. The van der Waals surface area contributed by atoms with Crippen LogP contribution in [0.25, 0.3) is 0 Å². The van der Waals surface area contributed by atoms with Crippen LogP contribution in [-0.4, -0.2) is 27.4 Å². The van der Waals surface area contributed by atoms with Crippen LogP contribution in [0.4, 0.5) is 0 Å². The van der Waals surface area contributed by atoms with Crippen molar-refractivity contribution < 1.29 is 9.90 Å². The number of carbonyl (C=O) groups is 1. The average Bonchev–Trinajstić information content (AvgIpc) is 2.55. The molecule has 15 heavy (non-hydrogen) atoms. The molecule has 1 aliphatic rings. The van der Waals surface area contributed by atoms with Gasteiger partial charge < -0.3 is 10.4 Å². The Kier molecular flexibility index (Phi) is 2.73. The van der Waals surface area contributed by atoms with Gasteiger partial charge in [0.05, 0.1) is 5.69 Å². The lowest BCUT2D eigenvalue weighted by atomic mass is 9.98. The van der Waals surface area contributed by atoms with E-state index in [9.17, 15) is 4.79 Å². The van der Waals surface area contributed by atoms with Crippen LogP contribution in [0.1, 0.15) is 30.1 Å². The Morgan fingerprint density at radius 1 is 1.80 bits per heavy atom. The molecule has 0 fully saturated rings. The SMILES string of the molecule is Cn1cc2c(n1)CCNC2CCC(=O)O. The minimum Gasteiger partial charge on any atom is -0.481 e. The highest BCUT2D eigenvalue weighted by Crippen LogP contribution is 2.25. The highest BCUT2D eigenvalue weighted by atomic mass is 16.4. The lowest BCUT2D eigenvalue weighted by Gasteiger charge is -2.22. The molecule has 5 heteroatoms. The van der Waals surface area contributed by atoms with E-state index in [2.05, 4.69) is 10.4 Å². The summed E-state index contributed by atoms with van der Waals surface area (Å²) in [6.45, 7) is 0.883. The van der Waals surface area contributed by atoms with E-state index >= 15 is 0 Å². The van der Waals surface area contributed by atoms with Crippen molar-refractivity contribution in [2.45, 2.75) is 25.3 Å². The molecule has 0 aliphatic carbocycles. The number of hydrogen-bond acceptors (Lipinski definition) is 3. The summed E-state index contributed by atoms with van der Waals surface area (Å²) in [5.41, 5.74) is 2.26. The summed E-state index contributed by atoms with van der Waals surface area (Å²) in [6, 6.07) is 0.151. The smallest absolute Gasteiger partial charge is 0.303 e. The van der Waals surface area contributed by atoms with Crippen LogP contribution in [0.2, 0.25) is 0 Å². The maximum absolute atomic E-state index is 10.5. The largest absolute Gasteiger partial charge is 0.481 e. The van der Waals surface area contributed by atoms with Crippen molar-refractivity contribution in [3.8, 4) is 0 Å². The van der Waals surface area contributed by atoms with E-state index in [1.165, 1.54) is 0 Å². The molecule has 0 spiro atoms. The highest BCUT2D eigenvalue weighted by molar-refractivity contribution is 5.66. The fourth-order valence-corrected chi connectivity index (χ4v) is 2.04. The van der Waals surface area contributed by atoms with Crippen LogP contribution in [0.15, 0.2) is 6.20 Å². The number of aryl methyl sites for hydroxylation is 1. The standard InChI is InChI=1S/C10H15N3O2/c1-13-6-7-8(2-3-10(14)15)11-5-4-9(7)12-13/h6,8,11H,2-5H2,1H3,(H,14,15).